The summed E-state index contributed by atoms with van der Waals surface area (Å²) in [4.78, 5) is 2.33. The van der Waals surface area contributed by atoms with Crippen LogP contribution in [0.1, 0.15) is 20.8 Å². The van der Waals surface area contributed by atoms with Crippen molar-refractivity contribution in [1.29, 1.82) is 0 Å². The largest absolute Gasteiger partial charge is 0.311 e. The monoisotopic (exact) mass is 465 g/mol. The van der Waals surface area contributed by atoms with Crippen LogP contribution in [-0.4, -0.2) is 0 Å². The summed E-state index contributed by atoms with van der Waals surface area (Å²) in [6.07, 6.45) is 4.42. The van der Waals surface area contributed by atoms with Crippen LogP contribution in [0, 0.1) is 0 Å². The Bertz CT molecular complexity index is 1510. The standard InChI is InChI=1S/C35H31N/c1-4-31(25-26(2)3)36(32-21-17-28(18-22-32)27-11-6-5-7-12-27)33-23-19-30(20-24-33)35-16-10-14-29-13-8-9-15-34(29)35/h4-25H,1-3H3/b31-4+. The molecule has 5 aromatic carbocycles. The number of nitrogens with zero attached hydrogens (tertiary/aromatic N) is 1. The van der Waals surface area contributed by atoms with Gasteiger partial charge in [-0.1, -0.05) is 109 Å². The van der Waals surface area contributed by atoms with Gasteiger partial charge in [0.1, 0.15) is 0 Å². The van der Waals surface area contributed by atoms with Crippen LogP contribution in [0.25, 0.3) is 33.0 Å². The van der Waals surface area contributed by atoms with Gasteiger partial charge in [0, 0.05) is 17.1 Å². The Morgan fingerprint density at radius 1 is 0.556 bits per heavy atom. The van der Waals surface area contributed by atoms with E-state index in [1.54, 1.807) is 0 Å². The second-order valence-corrected chi connectivity index (χ2v) is 9.26. The maximum Gasteiger partial charge on any atom is 0.0461 e. The summed E-state index contributed by atoms with van der Waals surface area (Å²) in [5.41, 5.74) is 9.62. The summed E-state index contributed by atoms with van der Waals surface area (Å²) < 4.78 is 0. The second kappa shape index (κ2) is 10.5. The first-order chi connectivity index (χ1) is 17.6. The average molecular weight is 466 g/mol. The van der Waals surface area contributed by atoms with Gasteiger partial charge in [0.15, 0.2) is 0 Å². The van der Waals surface area contributed by atoms with Crippen molar-refractivity contribution in [3.63, 3.8) is 0 Å². The van der Waals surface area contributed by atoms with Gasteiger partial charge >= 0.3 is 0 Å². The van der Waals surface area contributed by atoms with E-state index >= 15 is 0 Å². The number of anilines is 2. The van der Waals surface area contributed by atoms with Crippen molar-refractivity contribution >= 4 is 22.1 Å². The quantitative estimate of drug-likeness (QED) is 0.225. The van der Waals surface area contributed by atoms with E-state index in [4.69, 9.17) is 0 Å². The van der Waals surface area contributed by atoms with E-state index in [2.05, 4.69) is 159 Å². The van der Waals surface area contributed by atoms with E-state index in [-0.39, 0.29) is 0 Å². The normalized spacial score (nSPS) is 11.4. The molecule has 176 valence electrons. The first-order valence-electron chi connectivity index (χ1n) is 12.5. The molecule has 0 aromatic heterocycles. The Morgan fingerprint density at radius 3 is 1.75 bits per heavy atom. The van der Waals surface area contributed by atoms with E-state index in [0.29, 0.717) is 0 Å². The zero-order chi connectivity index (χ0) is 24.9. The van der Waals surface area contributed by atoms with Crippen LogP contribution in [0.3, 0.4) is 0 Å². The second-order valence-electron chi connectivity index (χ2n) is 9.26. The number of allylic oxidation sites excluding steroid dienone is 3. The Morgan fingerprint density at radius 2 is 1.11 bits per heavy atom. The zero-order valence-corrected chi connectivity index (χ0v) is 21.1. The minimum atomic E-state index is 1.14. The fraction of sp³-hybridized carbons (Fsp3) is 0.0857. The van der Waals surface area contributed by atoms with Crippen molar-refractivity contribution in [3.05, 3.63) is 145 Å². The molecule has 5 rings (SSSR count). The molecule has 36 heavy (non-hydrogen) atoms. The van der Waals surface area contributed by atoms with Gasteiger partial charge in [-0.3, -0.25) is 0 Å². The van der Waals surface area contributed by atoms with Gasteiger partial charge in [0.05, 0.1) is 0 Å². The lowest BCUT2D eigenvalue weighted by Crippen LogP contribution is -2.15. The van der Waals surface area contributed by atoms with Crippen LogP contribution >= 0.6 is 0 Å². The number of hydrogen-bond donors (Lipinski definition) is 0. The maximum atomic E-state index is 2.33. The fourth-order valence-electron chi connectivity index (χ4n) is 4.72. The fourth-order valence-corrected chi connectivity index (χ4v) is 4.72. The van der Waals surface area contributed by atoms with Crippen molar-refractivity contribution in [2.24, 2.45) is 0 Å². The van der Waals surface area contributed by atoms with Crippen molar-refractivity contribution in [2.75, 3.05) is 4.90 Å². The van der Waals surface area contributed by atoms with Crippen LogP contribution < -0.4 is 4.90 Å². The molecule has 1 nitrogen and oxygen atoms in total. The third-order valence-electron chi connectivity index (χ3n) is 6.45. The Balaban J connectivity index is 1.55. The molecule has 0 saturated carbocycles. The van der Waals surface area contributed by atoms with Crippen molar-refractivity contribution in [3.8, 4) is 22.3 Å². The van der Waals surface area contributed by atoms with Gasteiger partial charge in [-0.05, 0) is 84.1 Å². The summed E-state index contributed by atoms with van der Waals surface area (Å²) >= 11 is 0. The topological polar surface area (TPSA) is 3.24 Å². The van der Waals surface area contributed by atoms with E-state index in [1.807, 2.05) is 0 Å². The SMILES string of the molecule is C/C=C(\C=C(C)C)N(c1ccc(-c2ccccc2)cc1)c1ccc(-c2cccc3ccccc23)cc1. The third-order valence-corrected chi connectivity index (χ3v) is 6.45. The van der Waals surface area contributed by atoms with Crippen LogP contribution in [-0.2, 0) is 0 Å². The predicted octanol–water partition coefficient (Wildman–Crippen LogP) is 10.2. The molecule has 0 bridgehead atoms. The van der Waals surface area contributed by atoms with Crippen molar-refractivity contribution in [2.45, 2.75) is 20.8 Å². The molecule has 0 spiro atoms. The molecule has 0 saturated heterocycles. The molecule has 0 radical (unpaired) electrons. The minimum Gasteiger partial charge on any atom is -0.311 e. The highest BCUT2D eigenvalue weighted by molar-refractivity contribution is 5.96. The van der Waals surface area contributed by atoms with Crippen LogP contribution in [0.5, 0.6) is 0 Å². The third kappa shape index (κ3) is 4.87. The molecule has 0 heterocycles. The number of hydrogen-bond acceptors (Lipinski definition) is 1. The molecule has 1 heteroatoms. The number of benzene rings is 5. The number of fused-ring (bicyclic) bond motifs is 1. The molecule has 0 amide bonds. The summed E-state index contributed by atoms with van der Waals surface area (Å²) in [5.74, 6) is 0. The van der Waals surface area contributed by atoms with Crippen LogP contribution in [0.2, 0.25) is 0 Å². The maximum absolute atomic E-state index is 2.33. The molecule has 0 N–H and O–H groups in total. The van der Waals surface area contributed by atoms with Crippen molar-refractivity contribution in [1.82, 2.24) is 0 Å². The van der Waals surface area contributed by atoms with E-state index in [9.17, 15) is 0 Å². The van der Waals surface area contributed by atoms with E-state index in [1.165, 1.54) is 38.6 Å². The lowest BCUT2D eigenvalue weighted by atomic mass is 9.98. The molecule has 0 aliphatic heterocycles. The first-order valence-corrected chi connectivity index (χ1v) is 12.5. The smallest absolute Gasteiger partial charge is 0.0461 e. The molecule has 0 atom stereocenters. The zero-order valence-electron chi connectivity index (χ0n) is 21.1. The van der Waals surface area contributed by atoms with Crippen molar-refractivity contribution < 1.29 is 0 Å². The molecular formula is C35H31N. The molecule has 0 aliphatic rings. The van der Waals surface area contributed by atoms with Gasteiger partial charge in [0.2, 0.25) is 0 Å². The van der Waals surface area contributed by atoms with Gasteiger partial charge < -0.3 is 4.90 Å². The average Bonchev–Trinajstić information content (AvgIpc) is 2.93. The minimum absolute atomic E-state index is 1.14. The van der Waals surface area contributed by atoms with Gasteiger partial charge in [-0.15, -0.1) is 0 Å². The highest BCUT2D eigenvalue weighted by Crippen LogP contribution is 2.35. The van der Waals surface area contributed by atoms with Gasteiger partial charge in [-0.2, -0.15) is 0 Å². The predicted molar refractivity (Wildman–Crippen MR) is 157 cm³/mol. The highest BCUT2D eigenvalue weighted by atomic mass is 15.1. The molecule has 0 fully saturated rings. The lowest BCUT2D eigenvalue weighted by Gasteiger charge is -2.27. The summed E-state index contributed by atoms with van der Waals surface area (Å²) in [5, 5.41) is 2.54. The Labute approximate surface area is 214 Å². The first kappa shape index (κ1) is 23.4. The summed E-state index contributed by atoms with van der Waals surface area (Å²) in [6.45, 7) is 6.39. The van der Waals surface area contributed by atoms with Crippen LogP contribution in [0.4, 0.5) is 11.4 Å². The van der Waals surface area contributed by atoms with Gasteiger partial charge in [-0.25, -0.2) is 0 Å². The van der Waals surface area contributed by atoms with Crippen LogP contribution in [0.15, 0.2) is 145 Å². The van der Waals surface area contributed by atoms with Gasteiger partial charge in [0.25, 0.3) is 0 Å². The molecule has 5 aromatic rings. The molecular weight excluding hydrogens is 434 g/mol. The van der Waals surface area contributed by atoms with E-state index in [0.717, 1.165) is 17.1 Å². The summed E-state index contributed by atoms with van der Waals surface area (Å²) in [7, 11) is 0. The molecule has 0 aliphatic carbocycles. The Kier molecular flexibility index (Phi) is 6.82. The molecule has 0 unspecified atom stereocenters. The summed E-state index contributed by atoms with van der Waals surface area (Å²) in [6, 6.07) is 43.4. The van der Waals surface area contributed by atoms with E-state index < -0.39 is 0 Å². The number of rotatable bonds is 6. The Hall–Kier alpha value is -4.36. The lowest BCUT2D eigenvalue weighted by molar-refractivity contribution is 1.18. The highest BCUT2D eigenvalue weighted by Gasteiger charge is 2.14.